The molecule has 1 aliphatic carbocycles. The number of nitrogens with zero attached hydrogens (tertiary/aromatic N) is 2. The number of nitrogens with one attached hydrogen (secondary N) is 2. The molecule has 1 aromatic heterocycles. The van der Waals surface area contributed by atoms with Gasteiger partial charge in [-0.1, -0.05) is 24.4 Å². The smallest absolute Gasteiger partial charge is 0.407 e. The lowest BCUT2D eigenvalue weighted by atomic mass is 9.90. The molecule has 130 valence electrons. The third-order valence-electron chi connectivity index (χ3n) is 3.80. The molecule has 0 aromatic carbocycles. The van der Waals surface area contributed by atoms with Crippen molar-refractivity contribution in [2.45, 2.75) is 64.1 Å². The Kier molecular flexibility index (Phi) is 5.89. The third kappa shape index (κ3) is 5.27. The van der Waals surface area contributed by atoms with Crippen molar-refractivity contribution in [3.63, 3.8) is 0 Å². The lowest BCUT2D eigenvalue weighted by Crippen LogP contribution is -2.49. The molecule has 1 heterocycles. The summed E-state index contributed by atoms with van der Waals surface area (Å²) in [6.45, 7) is 5.50. The van der Waals surface area contributed by atoms with Gasteiger partial charge < -0.3 is 15.4 Å². The lowest BCUT2D eigenvalue weighted by Gasteiger charge is -2.34. The van der Waals surface area contributed by atoms with E-state index in [1.807, 2.05) is 20.8 Å². The fourth-order valence-corrected chi connectivity index (χ4v) is 2.93. The number of carbonyl (C=O) groups is 1. The highest BCUT2D eigenvalue weighted by Crippen LogP contribution is 2.25. The fourth-order valence-electron chi connectivity index (χ4n) is 2.77. The van der Waals surface area contributed by atoms with Crippen LogP contribution in [0.1, 0.15) is 52.0 Å². The van der Waals surface area contributed by atoms with Gasteiger partial charge in [0, 0.05) is 12.2 Å². The number of nitriles is 1. The van der Waals surface area contributed by atoms with Gasteiger partial charge in [0.15, 0.2) is 0 Å². The van der Waals surface area contributed by atoms with E-state index in [0.717, 1.165) is 25.7 Å². The van der Waals surface area contributed by atoms with E-state index in [9.17, 15) is 10.1 Å². The zero-order chi connectivity index (χ0) is 17.7. The second kappa shape index (κ2) is 7.71. The maximum atomic E-state index is 12.1. The maximum Gasteiger partial charge on any atom is 0.407 e. The van der Waals surface area contributed by atoms with Crippen LogP contribution in [0.5, 0.6) is 0 Å². The molecule has 24 heavy (non-hydrogen) atoms. The molecular weight excluding hydrogens is 328 g/mol. The summed E-state index contributed by atoms with van der Waals surface area (Å²) in [5.41, 5.74) is 0.537. The van der Waals surface area contributed by atoms with E-state index in [4.69, 9.17) is 16.3 Å². The van der Waals surface area contributed by atoms with Crippen LogP contribution in [-0.4, -0.2) is 28.8 Å². The van der Waals surface area contributed by atoms with Crippen LogP contribution in [0.25, 0.3) is 0 Å². The van der Waals surface area contributed by atoms with Crippen molar-refractivity contribution < 1.29 is 9.53 Å². The minimum Gasteiger partial charge on any atom is -0.444 e. The number of carbonyl (C=O) groups excluding carboxylic acids is 1. The van der Waals surface area contributed by atoms with Crippen molar-refractivity contribution in [3.05, 3.63) is 23.0 Å². The van der Waals surface area contributed by atoms with Gasteiger partial charge >= 0.3 is 6.09 Å². The summed E-state index contributed by atoms with van der Waals surface area (Å²) in [4.78, 5) is 16.0. The summed E-state index contributed by atoms with van der Waals surface area (Å²) < 4.78 is 5.34. The number of alkyl carbamates (subject to hydrolysis) is 1. The quantitative estimate of drug-likeness (QED) is 0.808. The van der Waals surface area contributed by atoms with Gasteiger partial charge in [-0.25, -0.2) is 9.78 Å². The van der Waals surface area contributed by atoms with E-state index in [1.165, 1.54) is 6.20 Å². The summed E-state index contributed by atoms with van der Waals surface area (Å²) in [6, 6.07) is 3.69. The van der Waals surface area contributed by atoms with Crippen LogP contribution in [-0.2, 0) is 4.74 Å². The number of aromatic nitrogens is 1. The molecule has 2 atom stereocenters. The van der Waals surface area contributed by atoms with Gasteiger partial charge in [0.25, 0.3) is 0 Å². The molecule has 6 nitrogen and oxygen atoms in total. The Morgan fingerprint density at radius 1 is 1.38 bits per heavy atom. The molecule has 1 fully saturated rings. The van der Waals surface area contributed by atoms with E-state index >= 15 is 0 Å². The first-order chi connectivity index (χ1) is 11.3. The molecule has 7 heteroatoms. The zero-order valence-corrected chi connectivity index (χ0v) is 15.0. The van der Waals surface area contributed by atoms with Gasteiger partial charge in [-0.05, 0) is 39.7 Å². The third-order valence-corrected chi connectivity index (χ3v) is 4.01. The zero-order valence-electron chi connectivity index (χ0n) is 14.2. The number of hydrogen-bond acceptors (Lipinski definition) is 5. The summed E-state index contributed by atoms with van der Waals surface area (Å²) in [6.07, 6.45) is 4.88. The van der Waals surface area contributed by atoms with Crippen LogP contribution in [0.15, 0.2) is 12.3 Å². The number of amides is 1. The van der Waals surface area contributed by atoms with Crippen LogP contribution in [0.3, 0.4) is 0 Å². The molecule has 2 rings (SSSR count). The van der Waals surface area contributed by atoms with Crippen molar-refractivity contribution in [2.75, 3.05) is 5.32 Å². The minimum absolute atomic E-state index is 0.0110. The van der Waals surface area contributed by atoms with E-state index in [-0.39, 0.29) is 12.1 Å². The maximum absolute atomic E-state index is 12.1. The van der Waals surface area contributed by atoms with E-state index < -0.39 is 11.7 Å². The first-order valence-corrected chi connectivity index (χ1v) is 8.48. The highest BCUT2D eigenvalue weighted by molar-refractivity contribution is 6.29. The Balaban J connectivity index is 2.08. The minimum atomic E-state index is -0.533. The predicted octanol–water partition coefficient (Wildman–Crippen LogP) is 3.85. The highest BCUT2D eigenvalue weighted by atomic mass is 35.5. The first-order valence-electron chi connectivity index (χ1n) is 8.10. The largest absolute Gasteiger partial charge is 0.444 e. The van der Waals surface area contributed by atoms with Gasteiger partial charge in [-0.2, -0.15) is 5.26 Å². The molecule has 2 N–H and O–H groups in total. The van der Waals surface area contributed by atoms with Gasteiger partial charge in [0.2, 0.25) is 0 Å². The van der Waals surface area contributed by atoms with Crippen LogP contribution < -0.4 is 10.6 Å². The van der Waals surface area contributed by atoms with Crippen LogP contribution in [0, 0.1) is 11.3 Å². The number of anilines is 1. The van der Waals surface area contributed by atoms with Gasteiger partial charge in [0.1, 0.15) is 16.8 Å². The number of ether oxygens (including phenoxy) is 1. The van der Waals surface area contributed by atoms with E-state index in [2.05, 4.69) is 21.7 Å². The van der Waals surface area contributed by atoms with Crippen molar-refractivity contribution in [1.29, 1.82) is 5.26 Å². The Labute approximate surface area is 147 Å². The topological polar surface area (TPSA) is 87.0 Å². The molecule has 0 aliphatic heterocycles. The summed E-state index contributed by atoms with van der Waals surface area (Å²) >= 11 is 5.93. The monoisotopic (exact) mass is 350 g/mol. The molecule has 1 saturated carbocycles. The molecule has 0 saturated heterocycles. The second-order valence-electron chi connectivity index (χ2n) is 6.95. The summed E-state index contributed by atoms with van der Waals surface area (Å²) in [5, 5.41) is 15.8. The average molecular weight is 351 g/mol. The molecule has 1 aromatic rings. The fraction of sp³-hybridized carbons (Fsp3) is 0.588. The summed E-state index contributed by atoms with van der Waals surface area (Å²) in [5.74, 6) is 0. The van der Waals surface area contributed by atoms with Gasteiger partial charge in [-0.15, -0.1) is 0 Å². The standard InChI is InChI=1S/C17H23ClN4O2/c1-17(2,3)24-16(23)22-13-7-5-4-6-12(13)21-14-8-15(18)20-10-11(14)9-19/h8,10,12-13H,4-7H2,1-3H3,(H,20,21)(H,22,23)/t12-,13+/m1/s1. The van der Waals surface area contributed by atoms with Crippen molar-refractivity contribution in [1.82, 2.24) is 10.3 Å². The molecular formula is C17H23ClN4O2. The highest BCUT2D eigenvalue weighted by Gasteiger charge is 2.28. The van der Waals surface area contributed by atoms with Gasteiger partial charge in [0.05, 0.1) is 17.3 Å². The average Bonchev–Trinajstić information content (AvgIpc) is 2.47. The Morgan fingerprint density at radius 3 is 2.67 bits per heavy atom. The summed E-state index contributed by atoms with van der Waals surface area (Å²) in [7, 11) is 0. The lowest BCUT2D eigenvalue weighted by molar-refractivity contribution is 0.0488. The molecule has 1 amide bonds. The number of hydrogen-bond donors (Lipinski definition) is 2. The second-order valence-corrected chi connectivity index (χ2v) is 7.34. The first kappa shape index (κ1) is 18.3. The Hall–Kier alpha value is -2.00. The number of pyridine rings is 1. The van der Waals surface area contributed by atoms with Crippen molar-refractivity contribution in [2.24, 2.45) is 0 Å². The van der Waals surface area contributed by atoms with Crippen LogP contribution in [0.2, 0.25) is 5.15 Å². The van der Waals surface area contributed by atoms with Crippen molar-refractivity contribution in [3.8, 4) is 6.07 Å². The Bertz CT molecular complexity index is 636. The molecule has 0 radical (unpaired) electrons. The Morgan fingerprint density at radius 2 is 2.04 bits per heavy atom. The number of halogens is 1. The predicted molar refractivity (Wildman–Crippen MR) is 93.0 cm³/mol. The SMILES string of the molecule is CC(C)(C)OC(=O)N[C@H]1CCCC[C@H]1Nc1cc(Cl)ncc1C#N. The molecule has 1 aliphatic rings. The van der Waals surface area contributed by atoms with Crippen LogP contribution >= 0.6 is 11.6 Å². The molecule has 0 unspecified atom stereocenters. The van der Waals surface area contributed by atoms with E-state index in [1.54, 1.807) is 6.07 Å². The van der Waals surface area contributed by atoms with Crippen molar-refractivity contribution >= 4 is 23.4 Å². The molecule has 0 spiro atoms. The number of rotatable bonds is 3. The molecule has 0 bridgehead atoms. The van der Waals surface area contributed by atoms with Crippen LogP contribution in [0.4, 0.5) is 10.5 Å². The van der Waals surface area contributed by atoms with E-state index in [0.29, 0.717) is 16.4 Å². The normalized spacial score (nSPS) is 20.8. The van der Waals surface area contributed by atoms with Gasteiger partial charge in [-0.3, -0.25) is 0 Å².